The molecule has 5 nitrogen and oxygen atoms in total. The van der Waals surface area contributed by atoms with E-state index in [1.807, 2.05) is 27.7 Å². The molecule has 0 aromatic carbocycles. The SMILES string of the molecule is CC.CCOCC.NC(=O)S.NC(=O)S.[H-].[Na+]. The molecule has 0 rings (SSSR count). The number of hydrogen-bond acceptors (Lipinski definition) is 3. The molecule has 96 valence electrons. The molecule has 0 atom stereocenters. The number of nitrogens with two attached hydrogens (primary N) is 2. The van der Waals surface area contributed by atoms with Gasteiger partial charge in [0.1, 0.15) is 0 Å². The summed E-state index contributed by atoms with van der Waals surface area (Å²) < 4.78 is 4.83. The van der Waals surface area contributed by atoms with E-state index >= 15 is 0 Å². The number of amides is 2. The number of rotatable bonds is 2. The van der Waals surface area contributed by atoms with Crippen molar-refractivity contribution in [3.05, 3.63) is 0 Å². The molecule has 8 heteroatoms. The van der Waals surface area contributed by atoms with Crippen molar-refractivity contribution in [2.75, 3.05) is 13.2 Å². The minimum Gasteiger partial charge on any atom is -1.00 e. The molecule has 4 N–H and O–H groups in total. The van der Waals surface area contributed by atoms with Crippen LogP contribution in [0.15, 0.2) is 0 Å². The summed E-state index contributed by atoms with van der Waals surface area (Å²) in [6, 6.07) is 0. The van der Waals surface area contributed by atoms with E-state index in [4.69, 9.17) is 14.3 Å². The summed E-state index contributed by atoms with van der Waals surface area (Å²) in [4.78, 5) is 18.2. The number of carbonyl (C=O) groups is 2. The third-order valence-corrected chi connectivity index (χ3v) is 0.408. The number of primary amides is 2. The van der Waals surface area contributed by atoms with Gasteiger partial charge in [-0.25, -0.2) is 0 Å². The normalized spacial score (nSPS) is 6.12. The summed E-state index contributed by atoms with van der Waals surface area (Å²) in [6.45, 7) is 9.67. The zero-order valence-corrected chi connectivity index (χ0v) is 14.5. The molecule has 0 bridgehead atoms. The Hall–Kier alpha value is 0.600. The second kappa shape index (κ2) is 36.1. The van der Waals surface area contributed by atoms with E-state index in [9.17, 15) is 0 Å². The van der Waals surface area contributed by atoms with Crippen molar-refractivity contribution >= 4 is 35.7 Å². The van der Waals surface area contributed by atoms with Crippen molar-refractivity contribution in [2.45, 2.75) is 27.7 Å². The fraction of sp³-hybridized carbons (Fsp3) is 0.750. The molecule has 0 aromatic heterocycles. The second-order valence-corrected chi connectivity index (χ2v) is 2.34. The minimum atomic E-state index is -0.639. The van der Waals surface area contributed by atoms with Gasteiger partial charge in [0.25, 0.3) is 10.5 Å². The molecule has 0 fully saturated rings. The van der Waals surface area contributed by atoms with Crippen LogP contribution < -0.4 is 41.0 Å². The first kappa shape index (κ1) is 30.0. The van der Waals surface area contributed by atoms with Crippen molar-refractivity contribution in [1.29, 1.82) is 0 Å². The van der Waals surface area contributed by atoms with Gasteiger partial charge in [0, 0.05) is 13.2 Å². The Balaban J connectivity index is -0.0000000237. The Morgan fingerprint density at radius 1 is 1.06 bits per heavy atom. The van der Waals surface area contributed by atoms with Gasteiger partial charge in [0.2, 0.25) is 0 Å². The maximum absolute atomic E-state index is 9.09. The van der Waals surface area contributed by atoms with Gasteiger partial charge in [-0.05, 0) is 13.8 Å². The number of carbonyl (C=O) groups excluding carboxylic acids is 2. The fourth-order valence-corrected chi connectivity index (χ4v) is 0.204. The fourth-order valence-electron chi connectivity index (χ4n) is 0.204. The summed E-state index contributed by atoms with van der Waals surface area (Å²) in [5.74, 6) is 0. The predicted octanol–water partition coefficient (Wildman–Crippen LogP) is -0.825. The van der Waals surface area contributed by atoms with Crippen LogP contribution in [0.4, 0.5) is 9.59 Å². The van der Waals surface area contributed by atoms with Crippen molar-refractivity contribution in [3.8, 4) is 0 Å². The molecule has 0 heterocycles. The van der Waals surface area contributed by atoms with Crippen molar-refractivity contribution in [3.63, 3.8) is 0 Å². The van der Waals surface area contributed by atoms with E-state index in [1.165, 1.54) is 0 Å². The van der Waals surface area contributed by atoms with Gasteiger partial charge >= 0.3 is 29.6 Å². The number of thiol groups is 2. The number of hydrogen-bond donors (Lipinski definition) is 4. The Kier molecular flexibility index (Phi) is 67.7. The van der Waals surface area contributed by atoms with Gasteiger partial charge in [0.05, 0.1) is 0 Å². The maximum Gasteiger partial charge on any atom is 1.00 e. The third-order valence-electron chi connectivity index (χ3n) is 0.408. The average Bonchev–Trinajstić information content (AvgIpc) is 2.07. The van der Waals surface area contributed by atoms with Crippen molar-refractivity contribution in [1.82, 2.24) is 0 Å². The molecule has 0 saturated heterocycles. The van der Waals surface area contributed by atoms with E-state index in [0.29, 0.717) is 0 Å². The van der Waals surface area contributed by atoms with E-state index < -0.39 is 10.5 Å². The summed E-state index contributed by atoms with van der Waals surface area (Å²) in [7, 11) is 0. The van der Waals surface area contributed by atoms with Gasteiger partial charge in [-0.3, -0.25) is 9.59 Å². The first-order valence-electron chi connectivity index (χ1n) is 4.42. The Bertz CT molecular complexity index is 124. The second-order valence-electron chi connectivity index (χ2n) is 1.46. The molecule has 0 saturated carbocycles. The van der Waals surface area contributed by atoms with Gasteiger partial charge in [-0.1, -0.05) is 39.1 Å². The minimum absolute atomic E-state index is 0. The molecule has 0 aliphatic carbocycles. The van der Waals surface area contributed by atoms with Crippen LogP contribution in [0.25, 0.3) is 0 Å². The average molecular weight is 282 g/mol. The van der Waals surface area contributed by atoms with Crippen molar-refractivity contribution in [2.24, 2.45) is 11.5 Å². The monoisotopic (exact) mass is 282 g/mol. The van der Waals surface area contributed by atoms with Crippen LogP contribution in [0.1, 0.15) is 29.1 Å². The largest absolute Gasteiger partial charge is 1.00 e. The van der Waals surface area contributed by atoms with Crippen LogP contribution in [0, 0.1) is 0 Å². The van der Waals surface area contributed by atoms with Gasteiger partial charge in [-0.2, -0.15) is 0 Å². The van der Waals surface area contributed by atoms with Crippen LogP contribution >= 0.6 is 25.3 Å². The topological polar surface area (TPSA) is 95.4 Å². The van der Waals surface area contributed by atoms with E-state index in [0.717, 1.165) is 13.2 Å². The van der Waals surface area contributed by atoms with Crippen LogP contribution in [0.5, 0.6) is 0 Å². The Labute approximate surface area is 133 Å². The molecule has 0 radical (unpaired) electrons. The first-order valence-corrected chi connectivity index (χ1v) is 5.32. The van der Waals surface area contributed by atoms with Crippen LogP contribution in [-0.4, -0.2) is 23.7 Å². The summed E-state index contributed by atoms with van der Waals surface area (Å²) in [5, 5.41) is -1.28. The molecule has 2 amide bonds. The van der Waals surface area contributed by atoms with E-state index in [2.05, 4.69) is 36.7 Å². The summed E-state index contributed by atoms with van der Waals surface area (Å²) in [5.41, 5.74) is 8.67. The molecule has 0 spiro atoms. The maximum atomic E-state index is 9.09. The standard InChI is InChI=1S/C4H10O.C2H6.2CH3NOS.Na.H/c1-3-5-4-2;1-2;2*2-1(3)4;;/h3-4H2,1-2H3;1-2H3;2*(H3,2,3,4);;/q;;;;+1;-1. The quantitative estimate of drug-likeness (QED) is 0.393. The molecule has 0 aliphatic heterocycles. The van der Waals surface area contributed by atoms with E-state index in [-0.39, 0.29) is 31.0 Å². The zero-order valence-electron chi connectivity index (χ0n) is 11.7. The Morgan fingerprint density at radius 3 is 1.19 bits per heavy atom. The zero-order chi connectivity index (χ0) is 13.3. The number of ether oxygens (including phenoxy) is 1. The van der Waals surface area contributed by atoms with Gasteiger partial charge in [0.15, 0.2) is 0 Å². The van der Waals surface area contributed by atoms with Crippen LogP contribution in [-0.2, 0) is 4.74 Å². The Morgan fingerprint density at radius 2 is 1.19 bits per heavy atom. The van der Waals surface area contributed by atoms with Gasteiger partial charge < -0.3 is 17.6 Å². The molecular formula is C8H23N2NaO3S2. The molecule has 16 heavy (non-hydrogen) atoms. The molecule has 0 aromatic rings. The van der Waals surface area contributed by atoms with Crippen LogP contribution in [0.2, 0.25) is 0 Å². The molecular weight excluding hydrogens is 259 g/mol. The third kappa shape index (κ3) is 399. The molecule has 0 aliphatic rings. The van der Waals surface area contributed by atoms with E-state index in [1.54, 1.807) is 0 Å². The summed E-state index contributed by atoms with van der Waals surface area (Å²) in [6.07, 6.45) is 0. The predicted molar refractivity (Wildman–Crippen MR) is 71.8 cm³/mol. The first-order chi connectivity index (χ1) is 6.88. The molecule has 0 unspecified atom stereocenters. The summed E-state index contributed by atoms with van der Waals surface area (Å²) >= 11 is 6.21. The van der Waals surface area contributed by atoms with Crippen molar-refractivity contribution < 1.29 is 45.3 Å². The van der Waals surface area contributed by atoms with Crippen LogP contribution in [0.3, 0.4) is 0 Å². The van der Waals surface area contributed by atoms with Gasteiger partial charge in [-0.15, -0.1) is 0 Å². The smallest absolute Gasteiger partial charge is 1.00 e.